The maximum atomic E-state index is 13.2. The maximum Gasteiger partial charge on any atom is 0.418 e. The zero-order chi connectivity index (χ0) is 23.8. The van der Waals surface area contributed by atoms with E-state index in [-0.39, 0.29) is 16.3 Å². The number of imide groups is 1. The monoisotopic (exact) mass is 470 g/mol. The van der Waals surface area contributed by atoms with Gasteiger partial charge in [-0.2, -0.15) is 13.2 Å². The van der Waals surface area contributed by atoms with Crippen molar-refractivity contribution in [3.63, 3.8) is 0 Å². The maximum absolute atomic E-state index is 13.2. The van der Waals surface area contributed by atoms with Crippen LogP contribution in [0.15, 0.2) is 42.5 Å². The summed E-state index contributed by atoms with van der Waals surface area (Å²) in [5.74, 6) is -1.94. The highest BCUT2D eigenvalue weighted by molar-refractivity contribution is 6.34. The van der Waals surface area contributed by atoms with E-state index < -0.39 is 52.3 Å². The van der Waals surface area contributed by atoms with Gasteiger partial charge in [-0.05, 0) is 36.8 Å². The Balaban J connectivity index is 1.81. The Morgan fingerprint density at radius 3 is 2.41 bits per heavy atom. The van der Waals surface area contributed by atoms with Gasteiger partial charge in [0.1, 0.15) is 12.1 Å². The number of amides is 4. The molecule has 1 aliphatic rings. The van der Waals surface area contributed by atoms with Crippen molar-refractivity contribution in [2.24, 2.45) is 0 Å². The number of carbonyl (C=O) groups excluding carboxylic acids is 3. The van der Waals surface area contributed by atoms with Gasteiger partial charge >= 0.3 is 12.2 Å². The van der Waals surface area contributed by atoms with E-state index in [1.54, 1.807) is 0 Å². The molecule has 0 bridgehead atoms. The Labute approximate surface area is 183 Å². The summed E-state index contributed by atoms with van der Waals surface area (Å²) >= 11 is 5.79. The van der Waals surface area contributed by atoms with Crippen LogP contribution in [0.3, 0.4) is 0 Å². The van der Waals surface area contributed by atoms with Crippen molar-refractivity contribution in [3.8, 4) is 0 Å². The molecule has 168 valence electrons. The van der Waals surface area contributed by atoms with Gasteiger partial charge in [0.25, 0.3) is 11.6 Å². The van der Waals surface area contributed by atoms with E-state index in [0.29, 0.717) is 4.90 Å². The second kappa shape index (κ2) is 8.11. The summed E-state index contributed by atoms with van der Waals surface area (Å²) in [5, 5.41) is 14.8. The van der Waals surface area contributed by atoms with Crippen LogP contribution >= 0.6 is 11.6 Å². The summed E-state index contributed by atoms with van der Waals surface area (Å²) in [7, 11) is 0. The molecule has 0 radical (unpaired) electrons. The van der Waals surface area contributed by atoms with Crippen LogP contribution in [0.5, 0.6) is 0 Å². The molecule has 2 N–H and O–H groups in total. The third-order valence-corrected chi connectivity index (χ3v) is 5.13. The average Bonchev–Trinajstić information content (AvgIpc) is 2.92. The Morgan fingerprint density at radius 2 is 1.84 bits per heavy atom. The van der Waals surface area contributed by atoms with E-state index in [1.165, 1.54) is 19.1 Å². The second-order valence-corrected chi connectivity index (χ2v) is 7.37. The number of benzene rings is 2. The predicted molar refractivity (Wildman–Crippen MR) is 106 cm³/mol. The number of hydrogen-bond acceptors (Lipinski definition) is 5. The van der Waals surface area contributed by atoms with E-state index in [4.69, 9.17) is 11.6 Å². The minimum Gasteiger partial charge on any atom is -0.323 e. The molecular weight excluding hydrogens is 457 g/mol. The molecule has 1 fully saturated rings. The van der Waals surface area contributed by atoms with Crippen molar-refractivity contribution >= 4 is 40.8 Å². The van der Waals surface area contributed by atoms with Crippen molar-refractivity contribution in [1.29, 1.82) is 0 Å². The van der Waals surface area contributed by atoms with E-state index in [2.05, 4.69) is 5.32 Å². The van der Waals surface area contributed by atoms with E-state index in [0.717, 1.165) is 30.3 Å². The molecule has 0 spiro atoms. The molecule has 1 saturated heterocycles. The minimum atomic E-state index is -4.80. The standard InChI is InChI=1S/C19H14ClF3N4O5/c1-18(10-5-7-11(8-6-10)27(31)32)16(29)26(17(30)25-18)9-14(28)24-15-12(19(21,22)23)3-2-4-13(15)20/h2-8H,9H2,1H3,(H,24,28)(H,25,30). The Kier molecular flexibility index (Phi) is 5.83. The topological polar surface area (TPSA) is 122 Å². The zero-order valence-corrected chi connectivity index (χ0v) is 17.0. The smallest absolute Gasteiger partial charge is 0.323 e. The first-order chi connectivity index (χ1) is 14.8. The van der Waals surface area contributed by atoms with E-state index >= 15 is 0 Å². The normalized spacial score (nSPS) is 18.5. The van der Waals surface area contributed by atoms with Crippen molar-refractivity contribution in [2.45, 2.75) is 18.6 Å². The van der Waals surface area contributed by atoms with Crippen LogP contribution < -0.4 is 10.6 Å². The summed E-state index contributed by atoms with van der Waals surface area (Å²) in [4.78, 5) is 48.3. The molecule has 0 saturated carbocycles. The van der Waals surface area contributed by atoms with Crippen molar-refractivity contribution < 1.29 is 32.5 Å². The number of nitro benzene ring substituents is 1. The molecule has 1 atom stereocenters. The number of nitrogens with one attached hydrogen (secondary N) is 2. The molecular formula is C19H14ClF3N4O5. The van der Waals surface area contributed by atoms with Gasteiger partial charge in [-0.15, -0.1) is 0 Å². The van der Waals surface area contributed by atoms with E-state index in [1.807, 2.05) is 5.32 Å². The fourth-order valence-corrected chi connectivity index (χ4v) is 3.38. The fraction of sp³-hybridized carbons (Fsp3) is 0.211. The number of halogens is 4. The molecule has 2 aromatic carbocycles. The largest absolute Gasteiger partial charge is 0.418 e. The predicted octanol–water partition coefficient (Wildman–Crippen LogP) is 3.67. The van der Waals surface area contributed by atoms with Gasteiger partial charge in [0.2, 0.25) is 5.91 Å². The third-order valence-electron chi connectivity index (χ3n) is 4.82. The Hall–Kier alpha value is -3.67. The van der Waals surface area contributed by atoms with Crippen molar-refractivity contribution in [2.75, 3.05) is 11.9 Å². The summed E-state index contributed by atoms with van der Waals surface area (Å²) < 4.78 is 39.6. The number of rotatable bonds is 5. The number of hydrogen-bond donors (Lipinski definition) is 2. The van der Waals surface area contributed by atoms with Crippen LogP contribution in [-0.4, -0.2) is 34.2 Å². The number of non-ortho nitro benzene ring substituents is 1. The number of urea groups is 1. The lowest BCUT2D eigenvalue weighted by atomic mass is 9.92. The van der Waals surface area contributed by atoms with Crippen LogP contribution in [0.1, 0.15) is 18.1 Å². The van der Waals surface area contributed by atoms with E-state index in [9.17, 15) is 37.7 Å². The van der Waals surface area contributed by atoms with Gasteiger partial charge in [-0.25, -0.2) is 4.79 Å². The highest BCUT2D eigenvalue weighted by Gasteiger charge is 2.49. The first kappa shape index (κ1) is 23.0. The number of nitro groups is 1. The molecule has 1 unspecified atom stereocenters. The molecule has 4 amide bonds. The summed E-state index contributed by atoms with van der Waals surface area (Å²) in [6.45, 7) is 0.456. The molecule has 9 nitrogen and oxygen atoms in total. The molecule has 1 heterocycles. The van der Waals surface area contributed by atoms with Crippen molar-refractivity contribution in [3.05, 3.63) is 68.7 Å². The van der Waals surface area contributed by atoms with Gasteiger partial charge in [0.05, 0.1) is 21.2 Å². The van der Waals surface area contributed by atoms with Gasteiger partial charge in [0, 0.05) is 12.1 Å². The Bertz CT molecular complexity index is 1120. The number of alkyl halides is 3. The van der Waals surface area contributed by atoms with Gasteiger partial charge in [-0.1, -0.05) is 17.7 Å². The molecule has 3 rings (SSSR count). The SMILES string of the molecule is CC1(c2ccc([N+](=O)[O-])cc2)NC(=O)N(CC(=O)Nc2c(Cl)cccc2C(F)(F)F)C1=O. The number of nitrogens with zero attached hydrogens (tertiary/aromatic N) is 2. The lowest BCUT2D eigenvalue weighted by Crippen LogP contribution is -2.42. The second-order valence-electron chi connectivity index (χ2n) is 6.96. The lowest BCUT2D eigenvalue weighted by Gasteiger charge is -2.22. The lowest BCUT2D eigenvalue weighted by molar-refractivity contribution is -0.384. The number of para-hydroxylation sites is 1. The molecule has 1 aliphatic heterocycles. The van der Waals surface area contributed by atoms with Gasteiger partial charge in [-0.3, -0.25) is 24.6 Å². The highest BCUT2D eigenvalue weighted by atomic mass is 35.5. The minimum absolute atomic E-state index is 0.217. The van der Waals surface area contributed by atoms with Crippen molar-refractivity contribution in [1.82, 2.24) is 10.2 Å². The highest BCUT2D eigenvalue weighted by Crippen LogP contribution is 2.38. The first-order valence-corrected chi connectivity index (χ1v) is 9.27. The van der Waals surface area contributed by atoms with Crippen LogP contribution in [0.25, 0.3) is 0 Å². The number of carbonyl (C=O) groups is 3. The average molecular weight is 471 g/mol. The van der Waals surface area contributed by atoms with Gasteiger partial charge in [0.15, 0.2) is 0 Å². The summed E-state index contributed by atoms with van der Waals surface area (Å²) in [6.07, 6.45) is -4.80. The van der Waals surface area contributed by atoms with Crippen LogP contribution in [0.4, 0.5) is 29.3 Å². The van der Waals surface area contributed by atoms with Crippen LogP contribution in [-0.2, 0) is 21.3 Å². The van der Waals surface area contributed by atoms with Gasteiger partial charge < -0.3 is 10.6 Å². The third kappa shape index (κ3) is 4.21. The fourth-order valence-electron chi connectivity index (χ4n) is 3.16. The first-order valence-electron chi connectivity index (χ1n) is 8.89. The zero-order valence-electron chi connectivity index (χ0n) is 16.2. The summed E-state index contributed by atoms with van der Waals surface area (Å²) in [6, 6.07) is 6.82. The molecule has 13 heteroatoms. The summed E-state index contributed by atoms with van der Waals surface area (Å²) in [5.41, 5.74) is -3.53. The van der Waals surface area contributed by atoms with Crippen LogP contribution in [0.2, 0.25) is 5.02 Å². The molecule has 2 aromatic rings. The number of anilines is 1. The Morgan fingerprint density at radius 1 is 1.22 bits per heavy atom. The molecule has 32 heavy (non-hydrogen) atoms. The quantitative estimate of drug-likeness (QED) is 0.392. The van der Waals surface area contributed by atoms with Crippen LogP contribution in [0, 0.1) is 10.1 Å². The molecule has 0 aromatic heterocycles. The molecule has 0 aliphatic carbocycles.